The van der Waals surface area contributed by atoms with Crippen LogP contribution in [0.5, 0.6) is 5.75 Å². The number of carbonyl (C=O) groups is 2. The van der Waals surface area contributed by atoms with Gasteiger partial charge >= 0.3 is 6.09 Å². The summed E-state index contributed by atoms with van der Waals surface area (Å²) < 4.78 is 45.2. The molecule has 39 heavy (non-hydrogen) atoms. The Morgan fingerprint density at radius 2 is 1.77 bits per heavy atom. The molecule has 10 nitrogen and oxygen atoms in total. The van der Waals surface area contributed by atoms with E-state index < -0.39 is 33.7 Å². The number of nitrogens with one attached hydrogen (secondary N) is 2. The fourth-order valence-electron chi connectivity index (χ4n) is 3.44. The van der Waals surface area contributed by atoms with Gasteiger partial charge in [0.05, 0.1) is 17.8 Å². The number of halogens is 1. The molecule has 3 aromatic rings. The summed E-state index contributed by atoms with van der Waals surface area (Å²) in [5.41, 5.74) is 0.257. The molecular formula is C27H32ClN3O7S. The standard InChI is InChI=1S/C27H32ClN3O7S/c1-16-8-11-22(37-16)18-9-13-24(20(28)14-18)39(34,35)30-21-15-19(10-12-23(21)36-7)29-25(32)17(2)31(6)26(33)38-27(3,4)5/h8-15,17,30H,1-7H3,(H,29,32)/t17-/m1/s1. The molecule has 0 saturated carbocycles. The molecule has 0 fully saturated rings. The van der Waals surface area contributed by atoms with Crippen LogP contribution in [0.3, 0.4) is 0 Å². The lowest BCUT2D eigenvalue weighted by molar-refractivity contribution is -0.120. The van der Waals surface area contributed by atoms with Gasteiger partial charge in [0.25, 0.3) is 10.0 Å². The predicted octanol–water partition coefficient (Wildman–Crippen LogP) is 5.91. The molecule has 210 valence electrons. The first-order chi connectivity index (χ1) is 18.1. The van der Waals surface area contributed by atoms with E-state index in [1.54, 1.807) is 58.9 Å². The van der Waals surface area contributed by atoms with Crippen LogP contribution in [0, 0.1) is 6.92 Å². The van der Waals surface area contributed by atoms with Gasteiger partial charge in [0.2, 0.25) is 5.91 Å². The number of hydrogen-bond acceptors (Lipinski definition) is 7. The fraction of sp³-hybridized carbons (Fsp3) is 0.333. The Balaban J connectivity index is 1.81. The molecule has 0 aliphatic carbocycles. The minimum atomic E-state index is -4.15. The molecule has 2 aromatic carbocycles. The third-order valence-corrected chi connectivity index (χ3v) is 7.45. The number of sulfonamides is 1. The molecule has 0 radical (unpaired) electrons. The minimum Gasteiger partial charge on any atom is -0.495 e. The zero-order valence-corrected chi connectivity index (χ0v) is 24.4. The van der Waals surface area contributed by atoms with E-state index in [1.165, 1.54) is 43.3 Å². The van der Waals surface area contributed by atoms with Crippen LogP contribution in [0.25, 0.3) is 11.3 Å². The van der Waals surface area contributed by atoms with E-state index in [4.69, 9.17) is 25.5 Å². The molecule has 0 aliphatic heterocycles. The van der Waals surface area contributed by atoms with Crippen LogP contribution in [0.2, 0.25) is 5.02 Å². The summed E-state index contributed by atoms with van der Waals surface area (Å²) in [6, 6.07) is 11.6. The van der Waals surface area contributed by atoms with Gasteiger partial charge in [-0.05, 0) is 83.1 Å². The summed E-state index contributed by atoms with van der Waals surface area (Å²) in [5, 5.41) is 2.68. The summed E-state index contributed by atoms with van der Waals surface area (Å²) in [4.78, 5) is 26.2. The van der Waals surface area contributed by atoms with Crippen molar-refractivity contribution in [2.24, 2.45) is 0 Å². The summed E-state index contributed by atoms with van der Waals surface area (Å²) in [6.07, 6.45) is -0.654. The van der Waals surface area contributed by atoms with Gasteiger partial charge in [-0.15, -0.1) is 0 Å². The van der Waals surface area contributed by atoms with Gasteiger partial charge in [0.15, 0.2) is 0 Å². The molecule has 2 amide bonds. The summed E-state index contributed by atoms with van der Waals surface area (Å²) in [6.45, 7) is 8.53. The molecule has 0 bridgehead atoms. The number of methoxy groups -OCH3 is 1. The lowest BCUT2D eigenvalue weighted by atomic mass is 10.2. The number of aryl methyl sites for hydroxylation is 1. The Labute approximate surface area is 233 Å². The van der Waals surface area contributed by atoms with Crippen molar-refractivity contribution >= 4 is 45.0 Å². The van der Waals surface area contributed by atoms with Crippen LogP contribution in [0.15, 0.2) is 57.8 Å². The van der Waals surface area contributed by atoms with Gasteiger partial charge in [-0.2, -0.15) is 0 Å². The number of benzene rings is 2. The van der Waals surface area contributed by atoms with Crippen LogP contribution in [0.4, 0.5) is 16.2 Å². The van der Waals surface area contributed by atoms with E-state index in [9.17, 15) is 18.0 Å². The van der Waals surface area contributed by atoms with Crippen LogP contribution in [-0.2, 0) is 19.6 Å². The van der Waals surface area contributed by atoms with E-state index in [1.807, 2.05) is 0 Å². The van der Waals surface area contributed by atoms with E-state index in [-0.39, 0.29) is 27.0 Å². The van der Waals surface area contributed by atoms with Gasteiger partial charge in [0.1, 0.15) is 33.8 Å². The summed E-state index contributed by atoms with van der Waals surface area (Å²) in [7, 11) is -1.31. The number of likely N-dealkylation sites (N-methyl/N-ethyl adjacent to an activating group) is 1. The Bertz CT molecular complexity index is 1480. The van der Waals surface area contributed by atoms with E-state index in [2.05, 4.69) is 10.0 Å². The van der Waals surface area contributed by atoms with E-state index in [0.29, 0.717) is 17.1 Å². The van der Waals surface area contributed by atoms with Crippen molar-refractivity contribution in [2.45, 2.75) is 51.2 Å². The molecule has 1 heterocycles. The highest BCUT2D eigenvalue weighted by Crippen LogP contribution is 2.34. The average molecular weight is 578 g/mol. The predicted molar refractivity (Wildman–Crippen MR) is 150 cm³/mol. The number of hydrogen-bond donors (Lipinski definition) is 2. The Hall–Kier alpha value is -3.70. The fourth-order valence-corrected chi connectivity index (χ4v) is 5.05. The van der Waals surface area contributed by atoms with Crippen molar-refractivity contribution in [1.82, 2.24) is 4.90 Å². The molecule has 1 atom stereocenters. The highest BCUT2D eigenvalue weighted by Gasteiger charge is 2.27. The smallest absolute Gasteiger partial charge is 0.410 e. The molecule has 0 aliphatic rings. The molecule has 1 aromatic heterocycles. The number of furan rings is 1. The van der Waals surface area contributed by atoms with Crippen molar-refractivity contribution in [1.29, 1.82) is 0 Å². The lowest BCUT2D eigenvalue weighted by Gasteiger charge is -2.28. The molecule has 3 rings (SSSR count). The largest absolute Gasteiger partial charge is 0.495 e. The topological polar surface area (TPSA) is 127 Å². The third-order valence-electron chi connectivity index (χ3n) is 5.60. The maximum atomic E-state index is 13.2. The van der Waals surface area contributed by atoms with Gasteiger partial charge in [0, 0.05) is 18.3 Å². The zero-order chi connectivity index (χ0) is 29.1. The monoisotopic (exact) mass is 577 g/mol. The molecule has 0 spiro atoms. The van der Waals surface area contributed by atoms with Crippen molar-refractivity contribution in [3.63, 3.8) is 0 Å². The number of ether oxygens (including phenoxy) is 2. The summed E-state index contributed by atoms with van der Waals surface area (Å²) >= 11 is 6.35. The molecule has 0 saturated heterocycles. The minimum absolute atomic E-state index is 0.00326. The van der Waals surface area contributed by atoms with Crippen molar-refractivity contribution < 1.29 is 31.9 Å². The van der Waals surface area contributed by atoms with Crippen molar-refractivity contribution in [3.8, 4) is 17.1 Å². The van der Waals surface area contributed by atoms with Gasteiger partial charge < -0.3 is 19.2 Å². The van der Waals surface area contributed by atoms with Crippen LogP contribution >= 0.6 is 11.6 Å². The second-order valence-electron chi connectivity index (χ2n) is 9.83. The Morgan fingerprint density at radius 3 is 2.33 bits per heavy atom. The number of rotatable bonds is 8. The molecule has 12 heteroatoms. The highest BCUT2D eigenvalue weighted by molar-refractivity contribution is 7.92. The first kappa shape index (κ1) is 29.9. The molecule has 0 unspecified atom stereocenters. The average Bonchev–Trinajstić information content (AvgIpc) is 3.28. The van der Waals surface area contributed by atoms with Crippen molar-refractivity contribution in [2.75, 3.05) is 24.2 Å². The third kappa shape index (κ3) is 7.45. The van der Waals surface area contributed by atoms with Crippen molar-refractivity contribution in [3.05, 3.63) is 59.3 Å². The van der Waals surface area contributed by atoms with Gasteiger partial charge in [-0.25, -0.2) is 13.2 Å². The van der Waals surface area contributed by atoms with Crippen LogP contribution in [0.1, 0.15) is 33.5 Å². The Morgan fingerprint density at radius 1 is 1.08 bits per heavy atom. The first-order valence-electron chi connectivity index (χ1n) is 11.9. The second-order valence-corrected chi connectivity index (χ2v) is 11.9. The van der Waals surface area contributed by atoms with Gasteiger partial charge in [-0.1, -0.05) is 11.6 Å². The summed E-state index contributed by atoms with van der Waals surface area (Å²) in [5.74, 6) is 0.982. The van der Waals surface area contributed by atoms with Crippen LogP contribution in [-0.4, -0.2) is 51.1 Å². The quantitative estimate of drug-likeness (QED) is 0.340. The number of carbonyl (C=O) groups excluding carboxylic acids is 2. The van der Waals surface area contributed by atoms with E-state index in [0.717, 1.165) is 0 Å². The zero-order valence-electron chi connectivity index (χ0n) is 22.8. The van der Waals surface area contributed by atoms with E-state index >= 15 is 0 Å². The maximum absolute atomic E-state index is 13.2. The Kier molecular flexibility index (Phi) is 8.87. The number of anilines is 2. The number of nitrogens with zero attached hydrogens (tertiary/aromatic N) is 1. The SMILES string of the molecule is COc1ccc(NC(=O)[C@@H](C)N(C)C(=O)OC(C)(C)C)cc1NS(=O)(=O)c1ccc(-c2ccc(C)o2)cc1Cl. The highest BCUT2D eigenvalue weighted by atomic mass is 35.5. The maximum Gasteiger partial charge on any atom is 0.410 e. The second kappa shape index (κ2) is 11.6. The first-order valence-corrected chi connectivity index (χ1v) is 13.8. The van der Waals surface area contributed by atoms with Gasteiger partial charge in [-0.3, -0.25) is 14.4 Å². The molecule has 2 N–H and O–H groups in total. The lowest BCUT2D eigenvalue weighted by Crippen LogP contribution is -2.45. The van der Waals surface area contributed by atoms with Crippen LogP contribution < -0.4 is 14.8 Å². The number of amides is 2. The normalized spacial score (nSPS) is 12.4. The molecular weight excluding hydrogens is 546 g/mol.